The molecule has 0 radical (unpaired) electrons. The Morgan fingerprint density at radius 3 is 1.50 bits per heavy atom. The number of nitrogens with zero attached hydrogens (tertiary/aromatic N) is 1. The Labute approximate surface area is 247 Å². The molecule has 2 nitrogen and oxygen atoms in total. The summed E-state index contributed by atoms with van der Waals surface area (Å²) in [6.07, 6.45) is 3.21. The second kappa shape index (κ2) is 14.9. The molecule has 4 heteroatoms. The molecule has 0 amide bonds. The fourth-order valence-electron chi connectivity index (χ4n) is 5.23. The van der Waals surface area contributed by atoms with Gasteiger partial charge in [0.15, 0.2) is 0 Å². The van der Waals surface area contributed by atoms with Crippen molar-refractivity contribution < 1.29 is 4.84 Å². The van der Waals surface area contributed by atoms with Crippen molar-refractivity contribution >= 4 is 50.4 Å². The van der Waals surface area contributed by atoms with E-state index in [0.29, 0.717) is 21.6 Å². The third-order valence-electron chi connectivity index (χ3n) is 7.12. The molecule has 5 aromatic rings. The van der Waals surface area contributed by atoms with Crippen molar-refractivity contribution in [3.05, 3.63) is 157 Å². The molecule has 40 heavy (non-hydrogen) atoms. The van der Waals surface area contributed by atoms with Gasteiger partial charge >= 0.3 is 249 Å². The van der Waals surface area contributed by atoms with Gasteiger partial charge in [0, 0.05) is 0 Å². The quantitative estimate of drug-likeness (QED) is 0.0676. The standard InChI is InChI=1S/C36H35GeNOSe/c1-6-18-31(19-7-1)30-39-38-36(28-16-17-29-40-35-26-14-5-15-27-35)37(32-20-8-2-9-21-32,33-22-10-3-11-23-33)34-24-12-4-13-25-34/h1-15,18-27H,16-17,28-30H2/b38-36-. The summed E-state index contributed by atoms with van der Waals surface area (Å²) in [6.45, 7) is 0.470. The minimum absolute atomic E-state index is 0.470. The number of hydrogen-bond donors (Lipinski definition) is 0. The summed E-state index contributed by atoms with van der Waals surface area (Å²) in [5.41, 5.74) is 1.13. The Bertz CT molecular complexity index is 1350. The molecule has 0 fully saturated rings. The first-order valence-electron chi connectivity index (χ1n) is 13.9. The molecule has 5 aromatic carbocycles. The molecule has 0 aromatic heterocycles. The van der Waals surface area contributed by atoms with E-state index in [1.807, 2.05) is 6.07 Å². The zero-order chi connectivity index (χ0) is 27.3. The van der Waals surface area contributed by atoms with Gasteiger partial charge in [0.25, 0.3) is 0 Å². The average molecular weight is 649 g/mol. The maximum absolute atomic E-state index is 6.22. The van der Waals surface area contributed by atoms with Crippen LogP contribution in [0.1, 0.15) is 24.8 Å². The van der Waals surface area contributed by atoms with E-state index < -0.39 is 13.3 Å². The summed E-state index contributed by atoms with van der Waals surface area (Å²) in [5, 5.41) is 6.31. The molecule has 0 unspecified atom stereocenters. The summed E-state index contributed by atoms with van der Waals surface area (Å²) >= 11 is -2.93. The number of rotatable bonds is 13. The zero-order valence-corrected chi connectivity index (χ0v) is 26.5. The SMILES string of the molecule is c1ccc(CO/N=[C](/CCCC[Se]c2ccccc2)[Ge]([c]2ccccc2)([c]2ccccc2)[c]2ccccc2)cc1. The number of hydrogen-bond acceptors (Lipinski definition) is 2. The molecule has 0 heterocycles. The van der Waals surface area contributed by atoms with Crippen LogP contribution in [0.2, 0.25) is 5.32 Å². The van der Waals surface area contributed by atoms with Gasteiger partial charge in [-0.05, 0) is 0 Å². The second-order valence-electron chi connectivity index (χ2n) is 9.76. The molecule has 0 spiro atoms. The normalized spacial score (nSPS) is 11.8. The monoisotopic (exact) mass is 651 g/mol. The van der Waals surface area contributed by atoms with Crippen LogP contribution in [0.5, 0.6) is 0 Å². The summed E-state index contributed by atoms with van der Waals surface area (Å²) in [5.74, 6) is 0. The van der Waals surface area contributed by atoms with Crippen LogP contribution in [0, 0.1) is 0 Å². The third-order valence-corrected chi connectivity index (χ3v) is 19.5. The number of oxime groups is 1. The summed E-state index contributed by atoms with van der Waals surface area (Å²) in [6, 6.07) is 54.5. The first-order chi connectivity index (χ1) is 19.9. The molecule has 5 rings (SSSR count). The van der Waals surface area contributed by atoms with Crippen LogP contribution in [0.3, 0.4) is 0 Å². The van der Waals surface area contributed by atoms with Gasteiger partial charge in [-0.1, -0.05) is 0 Å². The van der Waals surface area contributed by atoms with Crippen LogP contribution in [-0.4, -0.2) is 32.8 Å². The number of benzene rings is 5. The van der Waals surface area contributed by atoms with Crippen molar-refractivity contribution in [2.45, 2.75) is 31.2 Å². The summed E-state index contributed by atoms with van der Waals surface area (Å²) in [4.78, 5) is 6.22. The van der Waals surface area contributed by atoms with Gasteiger partial charge in [0.2, 0.25) is 0 Å². The van der Waals surface area contributed by atoms with E-state index in [2.05, 4.69) is 146 Å². The molecule has 0 saturated heterocycles. The first-order valence-corrected chi connectivity index (χ1v) is 20.2. The van der Waals surface area contributed by atoms with Gasteiger partial charge in [-0.2, -0.15) is 0 Å². The molecular formula is C36H35GeNOSe. The van der Waals surface area contributed by atoms with Crippen molar-refractivity contribution in [2.75, 3.05) is 0 Å². The topological polar surface area (TPSA) is 21.6 Å². The van der Waals surface area contributed by atoms with Crippen LogP contribution in [0.15, 0.2) is 157 Å². The van der Waals surface area contributed by atoms with Crippen molar-refractivity contribution in [1.29, 1.82) is 0 Å². The van der Waals surface area contributed by atoms with E-state index in [1.54, 1.807) is 0 Å². The van der Waals surface area contributed by atoms with E-state index in [4.69, 9.17) is 9.99 Å². The Morgan fingerprint density at radius 1 is 0.550 bits per heavy atom. The van der Waals surface area contributed by atoms with Crippen molar-refractivity contribution in [3.8, 4) is 0 Å². The molecule has 0 atom stereocenters. The molecule has 0 aliphatic heterocycles. The molecule has 0 saturated carbocycles. The van der Waals surface area contributed by atoms with E-state index in [1.165, 1.54) is 33.9 Å². The van der Waals surface area contributed by atoms with Gasteiger partial charge in [0.1, 0.15) is 0 Å². The maximum atomic E-state index is 6.22. The minimum atomic E-state index is -3.43. The van der Waals surface area contributed by atoms with E-state index >= 15 is 0 Å². The predicted octanol–water partition coefficient (Wildman–Crippen LogP) is 5.89. The Hall–Kier alpha value is -3.37. The molecule has 0 N–H and O–H groups in total. The second-order valence-corrected chi connectivity index (χ2v) is 20.2. The predicted molar refractivity (Wildman–Crippen MR) is 173 cm³/mol. The fourth-order valence-corrected chi connectivity index (χ4v) is 17.3. The van der Waals surface area contributed by atoms with Crippen molar-refractivity contribution in [3.63, 3.8) is 0 Å². The van der Waals surface area contributed by atoms with Crippen LogP contribution in [0.4, 0.5) is 0 Å². The Kier molecular flexibility index (Phi) is 10.5. The van der Waals surface area contributed by atoms with E-state index in [0.717, 1.165) is 18.4 Å². The molecule has 0 bridgehead atoms. The zero-order valence-electron chi connectivity index (χ0n) is 22.7. The van der Waals surface area contributed by atoms with Crippen LogP contribution >= 0.6 is 0 Å². The van der Waals surface area contributed by atoms with Crippen LogP contribution in [-0.2, 0) is 11.4 Å². The summed E-state index contributed by atoms with van der Waals surface area (Å²) < 4.78 is 6.85. The molecular weight excluding hydrogens is 614 g/mol. The molecule has 200 valence electrons. The van der Waals surface area contributed by atoms with Gasteiger partial charge in [-0.25, -0.2) is 0 Å². The third kappa shape index (κ3) is 7.03. The summed E-state index contributed by atoms with van der Waals surface area (Å²) in [7, 11) is 0. The van der Waals surface area contributed by atoms with Crippen molar-refractivity contribution in [1.82, 2.24) is 0 Å². The van der Waals surface area contributed by atoms with Crippen LogP contribution < -0.4 is 17.6 Å². The van der Waals surface area contributed by atoms with E-state index in [-0.39, 0.29) is 0 Å². The van der Waals surface area contributed by atoms with E-state index in [9.17, 15) is 0 Å². The van der Waals surface area contributed by atoms with Gasteiger partial charge in [-0.3, -0.25) is 0 Å². The van der Waals surface area contributed by atoms with Gasteiger partial charge in [0.05, 0.1) is 0 Å². The molecule has 0 aliphatic rings. The first kappa shape index (κ1) is 28.2. The van der Waals surface area contributed by atoms with Gasteiger partial charge in [-0.15, -0.1) is 0 Å². The fraction of sp³-hybridized carbons (Fsp3) is 0.139. The number of unbranched alkanes of at least 4 members (excludes halogenated alkanes) is 1. The van der Waals surface area contributed by atoms with Crippen LogP contribution in [0.25, 0.3) is 0 Å². The van der Waals surface area contributed by atoms with Crippen molar-refractivity contribution in [2.24, 2.45) is 5.16 Å². The van der Waals surface area contributed by atoms with Gasteiger partial charge < -0.3 is 0 Å². The Morgan fingerprint density at radius 2 is 1.00 bits per heavy atom. The molecule has 0 aliphatic carbocycles. The average Bonchev–Trinajstić information content (AvgIpc) is 3.03. The Balaban J connectivity index is 1.52.